The summed E-state index contributed by atoms with van der Waals surface area (Å²) in [5.41, 5.74) is -0.122. The van der Waals surface area contributed by atoms with Crippen molar-refractivity contribution >= 4 is 17.8 Å². The minimum atomic E-state index is -1.19. The number of nitrogens with zero attached hydrogens (tertiary/aromatic N) is 2. The molecule has 2 amide bonds. The van der Waals surface area contributed by atoms with E-state index in [9.17, 15) is 14.7 Å². The van der Waals surface area contributed by atoms with Crippen LogP contribution in [-0.4, -0.2) is 53.2 Å². The Morgan fingerprint density at radius 2 is 2.21 bits per heavy atom. The number of amides is 2. The Balaban J connectivity index is 2.18. The maximum absolute atomic E-state index is 11.2. The first-order valence-corrected chi connectivity index (χ1v) is 5.62. The van der Waals surface area contributed by atoms with Crippen molar-refractivity contribution in [2.75, 3.05) is 25.6 Å². The summed E-state index contributed by atoms with van der Waals surface area (Å²) >= 11 is 0. The number of carbonyl (C=O) groups excluding carboxylic acids is 1. The highest BCUT2D eigenvalue weighted by Gasteiger charge is 2.23. The zero-order chi connectivity index (χ0) is 13.8. The molecular weight excluding hydrogens is 256 g/mol. The summed E-state index contributed by atoms with van der Waals surface area (Å²) in [6.45, 7) is 1.15. The van der Waals surface area contributed by atoms with Crippen molar-refractivity contribution in [2.24, 2.45) is 0 Å². The van der Waals surface area contributed by atoms with Crippen LogP contribution in [0.3, 0.4) is 0 Å². The minimum absolute atomic E-state index is 0.0233. The van der Waals surface area contributed by atoms with Gasteiger partial charge in [-0.2, -0.15) is 0 Å². The number of aromatic carboxylic acids is 1. The molecule has 0 saturated carbocycles. The third kappa shape index (κ3) is 3.01. The molecule has 0 aromatic carbocycles. The molecule has 104 valence electrons. The van der Waals surface area contributed by atoms with Crippen LogP contribution < -0.4 is 10.6 Å². The van der Waals surface area contributed by atoms with Crippen LogP contribution in [-0.2, 0) is 16.0 Å². The van der Waals surface area contributed by atoms with Crippen molar-refractivity contribution in [2.45, 2.75) is 12.8 Å². The van der Waals surface area contributed by atoms with Crippen molar-refractivity contribution in [1.29, 1.82) is 0 Å². The van der Waals surface area contributed by atoms with E-state index in [1.165, 1.54) is 17.9 Å². The monoisotopic (exact) mass is 270 g/mol. The van der Waals surface area contributed by atoms with Gasteiger partial charge in [-0.25, -0.2) is 14.6 Å². The van der Waals surface area contributed by atoms with E-state index in [0.29, 0.717) is 13.2 Å². The second-order valence-corrected chi connectivity index (χ2v) is 3.77. The maximum Gasteiger partial charge on any atom is 0.356 e. The van der Waals surface area contributed by atoms with Gasteiger partial charge in [-0.3, -0.25) is 5.32 Å². The minimum Gasteiger partial charge on any atom is -0.476 e. The number of imidazole rings is 1. The molecule has 2 rings (SSSR count). The smallest absolute Gasteiger partial charge is 0.356 e. The normalized spacial score (nSPS) is 15.4. The van der Waals surface area contributed by atoms with Gasteiger partial charge < -0.3 is 24.5 Å². The van der Waals surface area contributed by atoms with Gasteiger partial charge >= 0.3 is 12.0 Å². The fourth-order valence-electron chi connectivity index (χ4n) is 1.68. The number of carboxylic acid groups (broad SMARTS) is 1. The predicted molar refractivity (Wildman–Crippen MR) is 63.0 cm³/mol. The summed E-state index contributed by atoms with van der Waals surface area (Å²) in [5, 5.41) is 13.8. The molecule has 1 fully saturated rings. The lowest BCUT2D eigenvalue weighted by Gasteiger charge is -2.11. The number of rotatable bonds is 4. The summed E-state index contributed by atoms with van der Waals surface area (Å²) in [4.78, 5) is 26.3. The standard InChI is InChI=1S/C10H14N4O5/c1-11-10(17)13-8-7(9(15)16)14(5-12-8)4-6-18-2-3-19-6/h5-6H,2-4H2,1H3,(H,15,16)(H2,11,13,17). The number of hydrogen-bond donors (Lipinski definition) is 3. The molecule has 0 radical (unpaired) electrons. The second kappa shape index (κ2) is 5.67. The fraction of sp³-hybridized carbons (Fsp3) is 0.500. The fourth-order valence-corrected chi connectivity index (χ4v) is 1.68. The molecular formula is C10H14N4O5. The molecule has 0 unspecified atom stereocenters. The number of aromatic nitrogens is 2. The average molecular weight is 270 g/mol. The Hall–Kier alpha value is -2.13. The second-order valence-electron chi connectivity index (χ2n) is 3.77. The van der Waals surface area contributed by atoms with Crippen LogP contribution in [0.25, 0.3) is 0 Å². The summed E-state index contributed by atoms with van der Waals surface area (Å²) in [7, 11) is 1.42. The molecule has 19 heavy (non-hydrogen) atoms. The van der Waals surface area contributed by atoms with Gasteiger partial charge in [0.05, 0.1) is 26.1 Å². The van der Waals surface area contributed by atoms with Crippen LogP contribution in [0, 0.1) is 0 Å². The number of carboxylic acids is 1. The molecule has 9 nitrogen and oxygen atoms in total. The quantitative estimate of drug-likeness (QED) is 0.692. The Labute approximate surface area is 108 Å². The van der Waals surface area contributed by atoms with E-state index in [2.05, 4.69) is 15.6 Å². The zero-order valence-corrected chi connectivity index (χ0v) is 10.3. The van der Waals surface area contributed by atoms with Crippen molar-refractivity contribution in [3.05, 3.63) is 12.0 Å². The third-order valence-corrected chi connectivity index (χ3v) is 2.54. The lowest BCUT2D eigenvalue weighted by Crippen LogP contribution is -2.26. The Morgan fingerprint density at radius 3 is 2.79 bits per heavy atom. The summed E-state index contributed by atoms with van der Waals surface area (Å²) in [6.07, 6.45) is 0.819. The van der Waals surface area contributed by atoms with Gasteiger partial charge in [0.15, 0.2) is 17.8 Å². The van der Waals surface area contributed by atoms with Gasteiger partial charge in [0.1, 0.15) is 0 Å². The summed E-state index contributed by atoms with van der Waals surface area (Å²) in [6, 6.07) is -0.541. The van der Waals surface area contributed by atoms with Crippen LogP contribution in [0.2, 0.25) is 0 Å². The zero-order valence-electron chi connectivity index (χ0n) is 10.3. The molecule has 1 aromatic heterocycles. The third-order valence-electron chi connectivity index (χ3n) is 2.54. The number of hydrogen-bond acceptors (Lipinski definition) is 5. The largest absolute Gasteiger partial charge is 0.476 e. The Kier molecular flexibility index (Phi) is 3.97. The number of carbonyl (C=O) groups is 2. The number of anilines is 1. The van der Waals surface area contributed by atoms with E-state index in [1.807, 2.05) is 0 Å². The van der Waals surface area contributed by atoms with Gasteiger partial charge in [-0.15, -0.1) is 0 Å². The molecule has 9 heteroatoms. The van der Waals surface area contributed by atoms with Crippen LogP contribution >= 0.6 is 0 Å². The summed E-state index contributed by atoms with van der Waals surface area (Å²) < 4.78 is 11.8. The molecule has 0 bridgehead atoms. The van der Waals surface area contributed by atoms with E-state index >= 15 is 0 Å². The molecule has 2 heterocycles. The highest BCUT2D eigenvalue weighted by molar-refractivity contribution is 5.97. The maximum atomic E-state index is 11.2. The van der Waals surface area contributed by atoms with Gasteiger partial charge in [0.25, 0.3) is 0 Å². The first kappa shape index (κ1) is 13.3. The van der Waals surface area contributed by atoms with Gasteiger partial charge in [-0.05, 0) is 0 Å². The van der Waals surface area contributed by atoms with E-state index in [4.69, 9.17) is 9.47 Å². The van der Waals surface area contributed by atoms with Gasteiger partial charge in [0, 0.05) is 7.05 Å². The molecule has 1 aliphatic heterocycles. The van der Waals surface area contributed by atoms with E-state index in [0.717, 1.165) is 0 Å². The number of urea groups is 1. The van der Waals surface area contributed by atoms with E-state index in [1.54, 1.807) is 0 Å². The van der Waals surface area contributed by atoms with Crippen LogP contribution in [0.5, 0.6) is 0 Å². The van der Waals surface area contributed by atoms with Gasteiger partial charge in [0.2, 0.25) is 0 Å². The highest BCUT2D eigenvalue weighted by atomic mass is 16.7. The van der Waals surface area contributed by atoms with Crippen LogP contribution in [0.4, 0.5) is 10.6 Å². The molecule has 1 saturated heterocycles. The molecule has 1 aliphatic rings. The lowest BCUT2D eigenvalue weighted by atomic mass is 10.4. The van der Waals surface area contributed by atoms with Crippen LogP contribution in [0.15, 0.2) is 6.33 Å². The van der Waals surface area contributed by atoms with E-state index in [-0.39, 0.29) is 18.1 Å². The van der Waals surface area contributed by atoms with Crippen molar-refractivity contribution < 1.29 is 24.2 Å². The number of ether oxygens (including phenoxy) is 2. The molecule has 0 atom stereocenters. The molecule has 0 spiro atoms. The first-order valence-electron chi connectivity index (χ1n) is 5.62. The Morgan fingerprint density at radius 1 is 1.53 bits per heavy atom. The molecule has 1 aromatic rings. The van der Waals surface area contributed by atoms with E-state index < -0.39 is 18.3 Å². The van der Waals surface area contributed by atoms with Crippen molar-refractivity contribution in [3.8, 4) is 0 Å². The molecule has 0 aliphatic carbocycles. The number of nitrogens with one attached hydrogen (secondary N) is 2. The van der Waals surface area contributed by atoms with Crippen molar-refractivity contribution in [1.82, 2.24) is 14.9 Å². The average Bonchev–Trinajstić information content (AvgIpc) is 2.99. The SMILES string of the molecule is CNC(=O)Nc1ncn(CC2OCCO2)c1C(=O)O. The van der Waals surface area contributed by atoms with Crippen LogP contribution in [0.1, 0.15) is 10.5 Å². The lowest BCUT2D eigenvalue weighted by molar-refractivity contribution is -0.0528. The highest BCUT2D eigenvalue weighted by Crippen LogP contribution is 2.16. The summed E-state index contributed by atoms with van der Waals surface area (Å²) in [5.74, 6) is -1.22. The van der Waals surface area contributed by atoms with Gasteiger partial charge in [-0.1, -0.05) is 0 Å². The first-order chi connectivity index (χ1) is 9.11. The van der Waals surface area contributed by atoms with Crippen molar-refractivity contribution in [3.63, 3.8) is 0 Å². The Bertz CT molecular complexity index is 480. The molecule has 3 N–H and O–H groups in total. The predicted octanol–water partition coefficient (Wildman–Crippen LogP) is -0.294. The topological polar surface area (TPSA) is 115 Å².